The highest BCUT2D eigenvalue weighted by molar-refractivity contribution is 5.99. The quantitative estimate of drug-likeness (QED) is 0.842. The Morgan fingerprint density at radius 3 is 2.78 bits per heavy atom. The van der Waals surface area contributed by atoms with Crippen LogP contribution in [0.5, 0.6) is 0 Å². The van der Waals surface area contributed by atoms with Gasteiger partial charge in [-0.25, -0.2) is 4.39 Å². The van der Waals surface area contributed by atoms with Crippen LogP contribution in [-0.4, -0.2) is 36.1 Å². The molecule has 23 heavy (non-hydrogen) atoms. The van der Waals surface area contributed by atoms with E-state index in [9.17, 15) is 19.1 Å². The lowest BCUT2D eigenvalue weighted by molar-refractivity contribution is -0.117. The molecule has 126 valence electrons. The summed E-state index contributed by atoms with van der Waals surface area (Å²) in [6.45, 7) is 4.60. The van der Waals surface area contributed by atoms with Gasteiger partial charge in [-0.05, 0) is 37.0 Å². The molecule has 2 amide bonds. The summed E-state index contributed by atoms with van der Waals surface area (Å²) >= 11 is 0. The van der Waals surface area contributed by atoms with Gasteiger partial charge in [0.15, 0.2) is 0 Å². The third-order valence-electron chi connectivity index (χ3n) is 3.82. The second kappa shape index (κ2) is 7.55. The van der Waals surface area contributed by atoms with E-state index in [0.717, 1.165) is 6.42 Å². The van der Waals surface area contributed by atoms with Crippen molar-refractivity contribution >= 4 is 17.5 Å². The van der Waals surface area contributed by atoms with E-state index in [0.29, 0.717) is 31.0 Å². The number of anilines is 1. The summed E-state index contributed by atoms with van der Waals surface area (Å²) in [5.74, 6) is -0.937. The average molecular weight is 322 g/mol. The maximum absolute atomic E-state index is 13.9. The highest BCUT2D eigenvalue weighted by atomic mass is 19.1. The molecule has 1 aliphatic rings. The monoisotopic (exact) mass is 322 g/mol. The number of carbonyl (C=O) groups excluding carboxylic acids is 2. The van der Waals surface area contributed by atoms with Crippen LogP contribution in [0.2, 0.25) is 0 Å². The molecule has 0 spiro atoms. The zero-order valence-electron chi connectivity index (χ0n) is 13.5. The van der Waals surface area contributed by atoms with Crippen molar-refractivity contribution in [1.29, 1.82) is 0 Å². The Morgan fingerprint density at radius 1 is 1.43 bits per heavy atom. The molecule has 1 aromatic carbocycles. The third kappa shape index (κ3) is 4.51. The molecule has 1 saturated heterocycles. The molecule has 2 rings (SSSR count). The number of aliphatic hydroxyl groups excluding tert-OH is 1. The van der Waals surface area contributed by atoms with Crippen molar-refractivity contribution in [3.8, 4) is 0 Å². The first kappa shape index (κ1) is 17.4. The molecule has 1 atom stereocenters. The molecule has 6 heteroatoms. The molecule has 0 aromatic heterocycles. The van der Waals surface area contributed by atoms with Crippen molar-refractivity contribution in [3.63, 3.8) is 0 Å². The van der Waals surface area contributed by atoms with E-state index in [1.165, 1.54) is 18.2 Å². The summed E-state index contributed by atoms with van der Waals surface area (Å²) in [5, 5.41) is 12.3. The number of aliphatic hydroxyl groups is 1. The van der Waals surface area contributed by atoms with Crippen LogP contribution in [-0.2, 0) is 4.79 Å². The molecule has 2 N–H and O–H groups in total. The highest BCUT2D eigenvalue weighted by Gasteiger charge is 2.23. The number of nitrogens with one attached hydrogen (secondary N) is 1. The smallest absolute Gasteiger partial charge is 0.254 e. The zero-order chi connectivity index (χ0) is 17.0. The van der Waals surface area contributed by atoms with Crippen LogP contribution in [0.1, 0.15) is 43.5 Å². The topological polar surface area (TPSA) is 69.6 Å². The van der Waals surface area contributed by atoms with Crippen molar-refractivity contribution in [2.45, 2.75) is 39.2 Å². The van der Waals surface area contributed by atoms with Crippen molar-refractivity contribution < 1.29 is 19.1 Å². The summed E-state index contributed by atoms with van der Waals surface area (Å²) in [5.41, 5.74) is 0.417. The predicted molar refractivity (Wildman–Crippen MR) is 85.8 cm³/mol. The summed E-state index contributed by atoms with van der Waals surface area (Å²) in [6, 6.07) is 4.09. The fourth-order valence-electron chi connectivity index (χ4n) is 2.71. The van der Waals surface area contributed by atoms with Crippen molar-refractivity contribution in [1.82, 2.24) is 5.32 Å². The Labute approximate surface area is 135 Å². The molecule has 0 radical (unpaired) electrons. The highest BCUT2D eigenvalue weighted by Crippen LogP contribution is 2.23. The second-order valence-corrected chi connectivity index (χ2v) is 6.31. The molecule has 0 bridgehead atoms. The van der Waals surface area contributed by atoms with E-state index < -0.39 is 17.8 Å². The van der Waals surface area contributed by atoms with E-state index in [2.05, 4.69) is 5.32 Å². The summed E-state index contributed by atoms with van der Waals surface area (Å²) in [7, 11) is 0. The lowest BCUT2D eigenvalue weighted by Crippen LogP contribution is -2.33. The van der Waals surface area contributed by atoms with Crippen LogP contribution in [0.25, 0.3) is 0 Å². The minimum absolute atomic E-state index is 0.0182. The number of halogens is 1. The van der Waals surface area contributed by atoms with E-state index in [4.69, 9.17) is 0 Å². The third-order valence-corrected chi connectivity index (χ3v) is 3.82. The van der Waals surface area contributed by atoms with Gasteiger partial charge in [-0.2, -0.15) is 0 Å². The molecule has 1 aromatic rings. The van der Waals surface area contributed by atoms with Gasteiger partial charge in [-0.15, -0.1) is 0 Å². The van der Waals surface area contributed by atoms with Gasteiger partial charge in [-0.1, -0.05) is 13.8 Å². The van der Waals surface area contributed by atoms with Gasteiger partial charge in [0.1, 0.15) is 5.82 Å². The van der Waals surface area contributed by atoms with E-state index in [1.807, 2.05) is 13.8 Å². The lowest BCUT2D eigenvalue weighted by Gasteiger charge is -2.17. The molecule has 5 nitrogen and oxygen atoms in total. The van der Waals surface area contributed by atoms with Crippen LogP contribution in [0.15, 0.2) is 18.2 Å². The van der Waals surface area contributed by atoms with Gasteiger partial charge in [0, 0.05) is 25.2 Å². The number of benzene rings is 1. The number of carbonyl (C=O) groups is 2. The molecule has 1 aliphatic heterocycles. The van der Waals surface area contributed by atoms with Crippen LogP contribution < -0.4 is 10.2 Å². The fraction of sp³-hybridized carbons (Fsp3) is 0.529. The Morgan fingerprint density at radius 2 is 2.17 bits per heavy atom. The van der Waals surface area contributed by atoms with Crippen LogP contribution in [0, 0.1) is 11.7 Å². The summed E-state index contributed by atoms with van der Waals surface area (Å²) in [4.78, 5) is 25.5. The molecule has 1 unspecified atom stereocenters. The Balaban J connectivity index is 2.06. The van der Waals surface area contributed by atoms with E-state index >= 15 is 0 Å². The standard InChI is InChI=1S/C17H23FN2O3/c1-11(2)8-13(21)10-19-17(23)14-9-12(5-6-15(14)18)20-7-3-4-16(20)22/h5-6,9,11,13,21H,3-4,7-8,10H2,1-2H3,(H,19,23). The van der Waals surface area contributed by atoms with Crippen molar-refractivity contribution in [2.75, 3.05) is 18.0 Å². The van der Waals surface area contributed by atoms with Crippen molar-refractivity contribution in [3.05, 3.63) is 29.6 Å². The number of nitrogens with zero attached hydrogens (tertiary/aromatic N) is 1. The summed E-state index contributed by atoms with van der Waals surface area (Å²) < 4.78 is 13.9. The molecule has 0 saturated carbocycles. The first-order chi connectivity index (χ1) is 10.9. The van der Waals surface area contributed by atoms with E-state index in [1.54, 1.807) is 4.90 Å². The Kier molecular flexibility index (Phi) is 5.71. The lowest BCUT2D eigenvalue weighted by atomic mass is 10.1. The zero-order valence-corrected chi connectivity index (χ0v) is 13.5. The normalized spacial score (nSPS) is 16.0. The van der Waals surface area contributed by atoms with Gasteiger partial charge >= 0.3 is 0 Å². The first-order valence-corrected chi connectivity index (χ1v) is 7.94. The molecule has 1 fully saturated rings. The second-order valence-electron chi connectivity index (χ2n) is 6.31. The Bertz CT molecular complexity index is 589. The molecular weight excluding hydrogens is 299 g/mol. The van der Waals surface area contributed by atoms with Crippen LogP contribution >= 0.6 is 0 Å². The number of hydrogen-bond acceptors (Lipinski definition) is 3. The minimum atomic E-state index is -0.662. The molecule has 1 heterocycles. The maximum Gasteiger partial charge on any atom is 0.254 e. The summed E-state index contributed by atoms with van der Waals surface area (Å²) in [6.07, 6.45) is 1.13. The average Bonchev–Trinajstić information content (AvgIpc) is 2.91. The van der Waals surface area contributed by atoms with E-state index in [-0.39, 0.29) is 18.0 Å². The first-order valence-electron chi connectivity index (χ1n) is 7.94. The van der Waals surface area contributed by atoms with Crippen LogP contribution in [0.3, 0.4) is 0 Å². The van der Waals surface area contributed by atoms with Gasteiger partial charge in [-0.3, -0.25) is 9.59 Å². The largest absolute Gasteiger partial charge is 0.391 e. The number of rotatable bonds is 6. The van der Waals surface area contributed by atoms with Gasteiger partial charge < -0.3 is 15.3 Å². The maximum atomic E-state index is 13.9. The van der Waals surface area contributed by atoms with Crippen LogP contribution in [0.4, 0.5) is 10.1 Å². The van der Waals surface area contributed by atoms with Crippen molar-refractivity contribution in [2.24, 2.45) is 5.92 Å². The van der Waals surface area contributed by atoms with Gasteiger partial charge in [0.25, 0.3) is 5.91 Å². The predicted octanol–water partition coefficient (Wildman–Crippen LogP) is 2.09. The SMILES string of the molecule is CC(C)CC(O)CNC(=O)c1cc(N2CCCC2=O)ccc1F. The van der Waals surface area contributed by atoms with Gasteiger partial charge in [0.2, 0.25) is 5.91 Å². The molecule has 0 aliphatic carbocycles. The van der Waals surface area contributed by atoms with Gasteiger partial charge in [0.05, 0.1) is 11.7 Å². The Hall–Kier alpha value is -1.95. The number of amides is 2. The number of hydrogen-bond donors (Lipinski definition) is 2. The minimum Gasteiger partial charge on any atom is -0.391 e. The fourth-order valence-corrected chi connectivity index (χ4v) is 2.71. The molecular formula is C17H23FN2O3.